The van der Waals surface area contributed by atoms with Gasteiger partial charge in [-0.1, -0.05) is 24.6 Å². The van der Waals surface area contributed by atoms with Crippen molar-refractivity contribution in [1.29, 1.82) is 0 Å². The number of H-pyrrole nitrogens is 1. The van der Waals surface area contributed by atoms with Gasteiger partial charge in [0.25, 0.3) is 0 Å². The lowest BCUT2D eigenvalue weighted by Gasteiger charge is -2.44. The smallest absolute Gasteiger partial charge is 0.234 e. The highest BCUT2D eigenvalue weighted by Crippen LogP contribution is 2.54. The molecule has 5 aliphatic rings. The third-order valence-corrected chi connectivity index (χ3v) is 19.6. The number of fused-ring (bicyclic) bond motifs is 2. The summed E-state index contributed by atoms with van der Waals surface area (Å²) >= 11 is 6.78. The molecule has 3 aromatic heterocycles. The molecule has 0 saturated carbocycles. The molecule has 16 nitrogen and oxygen atoms in total. The van der Waals surface area contributed by atoms with E-state index >= 15 is 8.78 Å². The molecular weight excluding hydrogens is 987 g/mol. The minimum Gasteiger partial charge on any atom is -0.494 e. The molecule has 1 unspecified atom stereocenters. The summed E-state index contributed by atoms with van der Waals surface area (Å²) in [5.41, 5.74) is 5.98. The van der Waals surface area contributed by atoms with E-state index in [0.29, 0.717) is 90.2 Å². The number of aromatic nitrogens is 4. The lowest BCUT2D eigenvalue weighted by atomic mass is 9.89. The van der Waals surface area contributed by atoms with Crippen molar-refractivity contribution in [3.8, 4) is 5.75 Å². The molecule has 0 aliphatic carbocycles. The summed E-state index contributed by atoms with van der Waals surface area (Å²) in [5.74, 6) is -2.60. The second-order valence-corrected chi connectivity index (χ2v) is 23.9. The number of hydrogen-bond acceptors (Lipinski definition) is 13. The van der Waals surface area contributed by atoms with E-state index in [1.807, 2.05) is 41.0 Å². The van der Waals surface area contributed by atoms with E-state index in [2.05, 4.69) is 49.8 Å². The zero-order chi connectivity index (χ0) is 51.4. The third-order valence-electron chi connectivity index (χ3n) is 15.9. The van der Waals surface area contributed by atoms with E-state index in [-0.39, 0.29) is 30.2 Å². The number of nitrogens with zero attached hydrogens (tertiary/aromatic N) is 7. The molecule has 0 spiro atoms. The molecule has 388 valence electrons. The van der Waals surface area contributed by atoms with Crippen LogP contribution in [-0.2, 0) is 25.4 Å². The van der Waals surface area contributed by atoms with Crippen molar-refractivity contribution in [3.63, 3.8) is 0 Å². The van der Waals surface area contributed by atoms with Crippen molar-refractivity contribution in [2.75, 3.05) is 92.2 Å². The van der Waals surface area contributed by atoms with Crippen molar-refractivity contribution in [1.82, 2.24) is 35.1 Å². The second-order valence-electron chi connectivity index (χ2n) is 20.4. The quantitative estimate of drug-likeness (QED) is 0.0676. The number of anilines is 6. The van der Waals surface area contributed by atoms with Gasteiger partial charge in [0.1, 0.15) is 36.0 Å². The van der Waals surface area contributed by atoms with Gasteiger partial charge in [-0.3, -0.25) is 29.6 Å². The minimum atomic E-state index is -2.72. The molecule has 5 saturated heterocycles. The maximum Gasteiger partial charge on any atom is 0.234 e. The molecule has 11 rings (SSSR count). The highest BCUT2D eigenvalue weighted by molar-refractivity contribution is 7.72. The topological polar surface area (TPSA) is 181 Å². The second kappa shape index (κ2) is 20.4. The number of methoxy groups -OCH3 is 1. The maximum atomic E-state index is 15.3. The number of imide groups is 1. The summed E-state index contributed by atoms with van der Waals surface area (Å²) in [4.78, 5) is 64.3. The van der Waals surface area contributed by atoms with Crippen molar-refractivity contribution < 1.29 is 32.5 Å². The van der Waals surface area contributed by atoms with E-state index in [1.54, 1.807) is 13.3 Å². The minimum absolute atomic E-state index is 0.0241. The number of aromatic amines is 1. The average Bonchev–Trinajstić information content (AvgIpc) is 4.17. The fourth-order valence-electron chi connectivity index (χ4n) is 12.0. The Morgan fingerprint density at radius 3 is 2.34 bits per heavy atom. The van der Waals surface area contributed by atoms with Crippen LogP contribution in [0.1, 0.15) is 74.6 Å². The monoisotopic (exact) mass is 1050 g/mol. The van der Waals surface area contributed by atoms with Gasteiger partial charge in [0.05, 0.1) is 46.2 Å². The lowest BCUT2D eigenvalue weighted by molar-refractivity contribution is -0.137. The molecule has 5 fully saturated rings. The first kappa shape index (κ1) is 49.8. The normalized spacial score (nSPS) is 20.7. The molecule has 6 aromatic rings. The number of halogens is 3. The van der Waals surface area contributed by atoms with Crippen LogP contribution in [-0.4, -0.2) is 125 Å². The largest absolute Gasteiger partial charge is 0.494 e. The highest BCUT2D eigenvalue weighted by Gasteiger charge is 2.38. The number of nitrogens with one attached hydrogen (secondary N) is 4. The number of benzene rings is 3. The van der Waals surface area contributed by atoms with Crippen LogP contribution in [0.15, 0.2) is 54.7 Å². The first-order valence-corrected chi connectivity index (χ1v) is 28.4. The number of aryl methyl sites for hydroxylation is 2. The Bertz CT molecular complexity index is 3220. The number of carbonyl (C=O) groups excluding carboxylic acids is 3. The van der Waals surface area contributed by atoms with E-state index in [4.69, 9.17) is 31.3 Å². The van der Waals surface area contributed by atoms with Gasteiger partial charge in [-0.05, 0) is 93.8 Å². The molecular formula is C54H61ClF2N11O5P. The van der Waals surface area contributed by atoms with Gasteiger partial charge in [0.15, 0.2) is 0 Å². The Balaban J connectivity index is 0.728. The van der Waals surface area contributed by atoms with Crippen LogP contribution in [0.4, 0.5) is 43.3 Å². The Kier molecular flexibility index (Phi) is 13.7. The SMILES string of the molecule is CCc1cc(Nc2nc(Nc3ccc4nc(C)ccc4c3P3(=O)CCCC3)c3c(Cl)c[nH]c3n2)c(OC)cc1N1CCC(N2CCN(C(=O)[C@@H]3CCN(c4cc(F)c(C5CCC(=O)NC5=O)c(F)c4)C3)CC2)CC1. The molecule has 20 heteroatoms. The maximum absolute atomic E-state index is 15.3. The van der Waals surface area contributed by atoms with Gasteiger partial charge in [0, 0.05) is 123 Å². The molecule has 8 heterocycles. The summed E-state index contributed by atoms with van der Waals surface area (Å²) in [6.07, 6.45) is 8.22. The van der Waals surface area contributed by atoms with Crippen LogP contribution < -0.4 is 35.8 Å². The van der Waals surface area contributed by atoms with Crippen LogP contribution in [0.3, 0.4) is 0 Å². The highest BCUT2D eigenvalue weighted by atomic mass is 35.5. The standard InChI is InChI=1S/C54H61ClF2N11O5P/c1-4-32-25-43(61-54-63-50-48(38(55)29-58-50)51(64-54)60-42-11-10-41-36(8-7-31(2)59-41)49(42)74(72)23-5-6-24-74)45(73-3)28-44(32)66-17-14-34(15-18-66)65-19-21-67(22-20-65)53(71)33-13-16-68(30-33)35-26-39(56)47(40(57)27-35)37-9-12-46(69)62-52(37)70/h7-8,10-11,25-29,33-34,37H,4-6,9,12-24,30H2,1-3H3,(H,62,69,70)(H3,58,60,61,63,64)/t33-,37?/m1/s1. The molecule has 4 N–H and O–H groups in total. The van der Waals surface area contributed by atoms with Crippen molar-refractivity contribution in [3.05, 3.63) is 88.2 Å². The molecule has 3 amide bonds. The summed E-state index contributed by atoms with van der Waals surface area (Å²) in [5, 5.41) is 12.0. The fourth-order valence-corrected chi connectivity index (χ4v) is 15.6. The van der Waals surface area contributed by atoms with E-state index in [9.17, 15) is 18.9 Å². The Labute approximate surface area is 433 Å². The molecule has 0 radical (unpaired) electrons. The zero-order valence-electron chi connectivity index (χ0n) is 41.9. The average molecular weight is 1050 g/mol. The van der Waals surface area contributed by atoms with E-state index in [1.165, 1.54) is 12.1 Å². The van der Waals surface area contributed by atoms with Crippen LogP contribution in [0.25, 0.3) is 21.9 Å². The van der Waals surface area contributed by atoms with Gasteiger partial charge in [-0.25, -0.2) is 8.78 Å². The van der Waals surface area contributed by atoms with Gasteiger partial charge in [-0.15, -0.1) is 0 Å². The first-order valence-electron chi connectivity index (χ1n) is 25.9. The van der Waals surface area contributed by atoms with Crippen molar-refractivity contribution in [2.24, 2.45) is 5.92 Å². The van der Waals surface area contributed by atoms with E-state index < -0.39 is 36.5 Å². The zero-order valence-corrected chi connectivity index (χ0v) is 43.6. The number of carbonyl (C=O) groups is 3. The summed E-state index contributed by atoms with van der Waals surface area (Å²) < 4.78 is 51.4. The van der Waals surface area contributed by atoms with E-state index in [0.717, 1.165) is 103 Å². The molecule has 3 aromatic carbocycles. The molecule has 0 bridgehead atoms. The molecule has 74 heavy (non-hydrogen) atoms. The fraction of sp³-hybridized carbons (Fsp3) is 0.444. The van der Waals surface area contributed by atoms with Crippen molar-refractivity contribution >= 4 is 98.2 Å². The first-order chi connectivity index (χ1) is 35.8. The third kappa shape index (κ3) is 9.53. The summed E-state index contributed by atoms with van der Waals surface area (Å²) in [6, 6.07) is 15.0. The van der Waals surface area contributed by atoms with Crippen molar-refractivity contribution in [2.45, 2.75) is 77.2 Å². The number of pyridine rings is 1. The van der Waals surface area contributed by atoms with Gasteiger partial charge >= 0.3 is 0 Å². The van der Waals surface area contributed by atoms with Crippen LogP contribution in [0.5, 0.6) is 5.75 Å². The summed E-state index contributed by atoms with van der Waals surface area (Å²) in [6.45, 7) is 9.49. The lowest BCUT2D eigenvalue weighted by Crippen LogP contribution is -2.55. The molecule has 5 aliphatic heterocycles. The van der Waals surface area contributed by atoms with Crippen LogP contribution in [0, 0.1) is 24.5 Å². The molecule has 2 atom stereocenters. The number of piperidine rings is 2. The Morgan fingerprint density at radius 1 is 0.878 bits per heavy atom. The Morgan fingerprint density at radius 2 is 1.62 bits per heavy atom. The van der Waals surface area contributed by atoms with Gasteiger partial charge < -0.3 is 39.6 Å². The predicted molar refractivity (Wildman–Crippen MR) is 286 cm³/mol. The summed E-state index contributed by atoms with van der Waals surface area (Å²) in [7, 11) is -1.06. The van der Waals surface area contributed by atoms with Gasteiger partial charge in [0.2, 0.25) is 23.7 Å². The number of rotatable bonds is 12. The Hall–Kier alpha value is -6.36. The number of amides is 3. The number of hydrogen-bond donors (Lipinski definition) is 4. The van der Waals surface area contributed by atoms with Gasteiger partial charge in [-0.2, -0.15) is 9.97 Å². The number of ether oxygens (including phenoxy) is 1. The van der Waals surface area contributed by atoms with Crippen LogP contribution in [0.2, 0.25) is 5.02 Å². The predicted octanol–water partition coefficient (Wildman–Crippen LogP) is 8.75. The number of piperazine rings is 1. The van der Waals surface area contributed by atoms with Crippen LogP contribution >= 0.6 is 18.7 Å².